The molecular formula is C14H19N3OS. The van der Waals surface area contributed by atoms with Crippen LogP contribution in [0.1, 0.15) is 52.8 Å². The molecule has 5 heteroatoms. The lowest BCUT2D eigenvalue weighted by Crippen LogP contribution is -2.23. The third kappa shape index (κ3) is 2.72. The van der Waals surface area contributed by atoms with Gasteiger partial charge in [-0.05, 0) is 32.6 Å². The Hall–Kier alpha value is -1.20. The van der Waals surface area contributed by atoms with Gasteiger partial charge in [-0.3, -0.25) is 0 Å². The molecule has 3 rings (SSSR count). The Morgan fingerprint density at radius 2 is 2.42 bits per heavy atom. The summed E-state index contributed by atoms with van der Waals surface area (Å²) in [5, 5.41) is 8.88. The van der Waals surface area contributed by atoms with Crippen molar-refractivity contribution in [1.29, 1.82) is 0 Å². The average Bonchev–Trinajstić information content (AvgIpc) is 3.02. The first-order chi connectivity index (χ1) is 9.26. The summed E-state index contributed by atoms with van der Waals surface area (Å²) in [5.74, 6) is 0.868. The molecule has 0 unspecified atom stereocenters. The van der Waals surface area contributed by atoms with Gasteiger partial charge in [-0.25, -0.2) is 4.98 Å². The number of aromatic nitrogens is 2. The summed E-state index contributed by atoms with van der Waals surface area (Å²) in [7, 11) is 0. The van der Waals surface area contributed by atoms with Gasteiger partial charge in [0.1, 0.15) is 5.76 Å². The molecule has 0 saturated heterocycles. The Balaban J connectivity index is 1.71. The van der Waals surface area contributed by atoms with Crippen LogP contribution in [0, 0.1) is 6.92 Å². The summed E-state index contributed by atoms with van der Waals surface area (Å²) in [6.07, 6.45) is 4.57. The van der Waals surface area contributed by atoms with Crippen molar-refractivity contribution in [1.82, 2.24) is 15.5 Å². The fourth-order valence-electron chi connectivity index (χ4n) is 2.55. The van der Waals surface area contributed by atoms with Crippen LogP contribution in [0.5, 0.6) is 0 Å². The highest BCUT2D eigenvalue weighted by molar-refractivity contribution is 7.11. The predicted molar refractivity (Wildman–Crippen MR) is 75.3 cm³/mol. The molecule has 0 aliphatic heterocycles. The van der Waals surface area contributed by atoms with Gasteiger partial charge >= 0.3 is 0 Å². The lowest BCUT2D eigenvalue weighted by molar-refractivity contribution is 0.382. The second kappa shape index (κ2) is 5.43. The highest BCUT2D eigenvalue weighted by atomic mass is 32.1. The zero-order chi connectivity index (χ0) is 13.2. The van der Waals surface area contributed by atoms with Crippen molar-refractivity contribution in [2.75, 3.05) is 0 Å². The summed E-state index contributed by atoms with van der Waals surface area (Å²) in [6.45, 7) is 4.86. The summed E-state index contributed by atoms with van der Waals surface area (Å²) >= 11 is 1.87. The topological polar surface area (TPSA) is 51.0 Å². The van der Waals surface area contributed by atoms with E-state index in [0.717, 1.165) is 30.8 Å². The fraction of sp³-hybridized carbons (Fsp3) is 0.571. The molecular weight excluding hydrogens is 258 g/mol. The maximum absolute atomic E-state index is 5.10. The summed E-state index contributed by atoms with van der Waals surface area (Å²) in [5.41, 5.74) is 2.28. The average molecular weight is 277 g/mol. The molecule has 0 aromatic carbocycles. The summed E-state index contributed by atoms with van der Waals surface area (Å²) in [4.78, 5) is 6.16. The maximum Gasteiger partial charge on any atom is 0.133 e. The molecule has 0 radical (unpaired) electrons. The Morgan fingerprint density at radius 1 is 1.53 bits per heavy atom. The smallest absolute Gasteiger partial charge is 0.133 e. The van der Waals surface area contributed by atoms with Crippen molar-refractivity contribution < 1.29 is 4.52 Å². The summed E-state index contributed by atoms with van der Waals surface area (Å²) < 4.78 is 5.10. The number of thiazole rings is 1. The van der Waals surface area contributed by atoms with Crippen LogP contribution >= 0.6 is 11.3 Å². The molecule has 4 nitrogen and oxygen atoms in total. The van der Waals surface area contributed by atoms with E-state index in [1.54, 1.807) is 0 Å². The van der Waals surface area contributed by atoms with E-state index < -0.39 is 0 Å². The third-order valence-electron chi connectivity index (χ3n) is 3.50. The SMILES string of the molecule is CCc1nc2c(s1)[C@@H](NCc1cc(C)on1)CCC2. The van der Waals surface area contributed by atoms with Crippen LogP contribution in [0.3, 0.4) is 0 Å². The van der Waals surface area contributed by atoms with E-state index in [1.165, 1.54) is 28.4 Å². The second-order valence-electron chi connectivity index (χ2n) is 5.03. The minimum atomic E-state index is 0.429. The minimum Gasteiger partial charge on any atom is -0.361 e. The quantitative estimate of drug-likeness (QED) is 0.932. The van der Waals surface area contributed by atoms with E-state index >= 15 is 0 Å². The molecule has 2 aromatic heterocycles. The van der Waals surface area contributed by atoms with E-state index in [2.05, 4.69) is 17.4 Å². The van der Waals surface area contributed by atoms with Gasteiger partial charge in [0.25, 0.3) is 0 Å². The Labute approximate surface area is 117 Å². The molecule has 2 heterocycles. The van der Waals surface area contributed by atoms with Crippen LogP contribution in [0.4, 0.5) is 0 Å². The standard InChI is InChI=1S/C14H19N3OS/c1-3-13-16-12-6-4-5-11(14(12)19-13)15-8-10-7-9(2)18-17-10/h7,11,15H,3-6,8H2,1-2H3/t11-/m0/s1. The van der Waals surface area contributed by atoms with Gasteiger partial charge in [0.05, 0.1) is 16.4 Å². The second-order valence-corrected chi connectivity index (χ2v) is 6.14. The first-order valence-electron chi connectivity index (χ1n) is 6.90. The van der Waals surface area contributed by atoms with Gasteiger partial charge in [0.2, 0.25) is 0 Å². The highest BCUT2D eigenvalue weighted by Crippen LogP contribution is 2.34. The van der Waals surface area contributed by atoms with Gasteiger partial charge in [-0.15, -0.1) is 11.3 Å². The van der Waals surface area contributed by atoms with E-state index in [-0.39, 0.29) is 0 Å². The summed E-state index contributed by atoms with van der Waals surface area (Å²) in [6, 6.07) is 2.42. The molecule has 0 amide bonds. The third-order valence-corrected chi connectivity index (χ3v) is 4.86. The van der Waals surface area contributed by atoms with Crippen LogP contribution in [-0.2, 0) is 19.4 Å². The molecule has 0 spiro atoms. The van der Waals surface area contributed by atoms with E-state index in [0.29, 0.717) is 6.04 Å². The fourth-order valence-corrected chi connectivity index (χ4v) is 3.71. The molecule has 102 valence electrons. The molecule has 1 N–H and O–H groups in total. The van der Waals surface area contributed by atoms with Crippen LogP contribution in [0.15, 0.2) is 10.6 Å². The molecule has 2 aromatic rings. The van der Waals surface area contributed by atoms with Gasteiger partial charge in [0.15, 0.2) is 0 Å². The van der Waals surface area contributed by atoms with Crippen LogP contribution < -0.4 is 5.32 Å². The Kier molecular flexibility index (Phi) is 3.66. The normalized spacial score (nSPS) is 18.5. The largest absolute Gasteiger partial charge is 0.361 e. The molecule has 0 bridgehead atoms. The molecule has 0 fully saturated rings. The molecule has 1 aliphatic carbocycles. The number of hydrogen-bond acceptors (Lipinski definition) is 5. The predicted octanol–water partition coefficient (Wildman–Crippen LogP) is 3.17. The number of fused-ring (bicyclic) bond motifs is 1. The number of nitrogens with zero attached hydrogens (tertiary/aromatic N) is 2. The zero-order valence-corrected chi connectivity index (χ0v) is 12.2. The van der Waals surface area contributed by atoms with E-state index in [9.17, 15) is 0 Å². The Morgan fingerprint density at radius 3 is 3.16 bits per heavy atom. The first kappa shape index (κ1) is 12.8. The number of aryl methyl sites for hydroxylation is 3. The van der Waals surface area contributed by atoms with Gasteiger partial charge in [0, 0.05) is 23.5 Å². The lowest BCUT2D eigenvalue weighted by atomic mass is 9.98. The van der Waals surface area contributed by atoms with Gasteiger partial charge in [-0.2, -0.15) is 0 Å². The van der Waals surface area contributed by atoms with Gasteiger partial charge < -0.3 is 9.84 Å². The van der Waals surface area contributed by atoms with Crippen molar-refractivity contribution in [3.63, 3.8) is 0 Å². The molecule has 1 atom stereocenters. The van der Waals surface area contributed by atoms with Crippen molar-refractivity contribution in [2.24, 2.45) is 0 Å². The molecule has 19 heavy (non-hydrogen) atoms. The highest BCUT2D eigenvalue weighted by Gasteiger charge is 2.24. The van der Waals surface area contributed by atoms with Crippen molar-refractivity contribution >= 4 is 11.3 Å². The number of rotatable bonds is 4. The number of hydrogen-bond donors (Lipinski definition) is 1. The van der Waals surface area contributed by atoms with Crippen molar-refractivity contribution in [3.05, 3.63) is 33.1 Å². The van der Waals surface area contributed by atoms with E-state index in [4.69, 9.17) is 9.51 Å². The molecule has 0 saturated carbocycles. The van der Waals surface area contributed by atoms with Crippen LogP contribution in [0.2, 0.25) is 0 Å². The minimum absolute atomic E-state index is 0.429. The van der Waals surface area contributed by atoms with Crippen molar-refractivity contribution in [2.45, 2.75) is 52.1 Å². The zero-order valence-electron chi connectivity index (χ0n) is 11.4. The first-order valence-corrected chi connectivity index (χ1v) is 7.72. The number of nitrogens with one attached hydrogen (secondary N) is 1. The molecule has 1 aliphatic rings. The lowest BCUT2D eigenvalue weighted by Gasteiger charge is -2.21. The monoisotopic (exact) mass is 277 g/mol. The van der Waals surface area contributed by atoms with Crippen LogP contribution in [0.25, 0.3) is 0 Å². The van der Waals surface area contributed by atoms with Crippen LogP contribution in [-0.4, -0.2) is 10.1 Å². The van der Waals surface area contributed by atoms with E-state index in [1.807, 2.05) is 24.3 Å². The Bertz CT molecular complexity index is 561. The van der Waals surface area contributed by atoms with Gasteiger partial charge in [-0.1, -0.05) is 12.1 Å². The van der Waals surface area contributed by atoms with Crippen molar-refractivity contribution in [3.8, 4) is 0 Å². The maximum atomic E-state index is 5.10.